The molecule has 1 heterocycles. The van der Waals surface area contributed by atoms with Gasteiger partial charge in [0.15, 0.2) is 0 Å². The van der Waals surface area contributed by atoms with Gasteiger partial charge in [0.25, 0.3) is 0 Å². The zero-order chi connectivity index (χ0) is 13.5. The topological polar surface area (TPSA) is 49.6 Å². The second-order valence-electron chi connectivity index (χ2n) is 5.41. The standard InChI is InChI=1S/C13H27N3OS.2ClH/c1-11(2)10-15-5-7-16(8-6-15)13(17)12(14)4-9-18-3;;/h11-12H,4-10,14H2,1-3H3;2*1H/t12-;;/m0../s1. The van der Waals surface area contributed by atoms with Crippen LogP contribution in [0, 0.1) is 5.92 Å². The van der Waals surface area contributed by atoms with Crippen LogP contribution in [0.3, 0.4) is 0 Å². The summed E-state index contributed by atoms with van der Waals surface area (Å²) in [6, 6.07) is -0.311. The van der Waals surface area contributed by atoms with Gasteiger partial charge in [0.1, 0.15) is 0 Å². The molecule has 1 aliphatic heterocycles. The molecule has 2 N–H and O–H groups in total. The predicted molar refractivity (Wildman–Crippen MR) is 93.3 cm³/mol. The molecule has 1 aliphatic rings. The Balaban J connectivity index is 0. The van der Waals surface area contributed by atoms with Gasteiger partial charge in [0.05, 0.1) is 6.04 Å². The zero-order valence-corrected chi connectivity index (χ0v) is 15.2. The second-order valence-corrected chi connectivity index (χ2v) is 6.39. The summed E-state index contributed by atoms with van der Waals surface area (Å²) < 4.78 is 0. The number of thioether (sulfide) groups is 1. The van der Waals surface area contributed by atoms with Gasteiger partial charge in [-0.15, -0.1) is 24.8 Å². The van der Waals surface area contributed by atoms with Gasteiger partial charge in [0, 0.05) is 32.7 Å². The van der Waals surface area contributed by atoms with Crippen molar-refractivity contribution in [2.24, 2.45) is 11.7 Å². The molecule has 1 saturated heterocycles. The maximum atomic E-state index is 12.1. The molecule has 1 amide bonds. The smallest absolute Gasteiger partial charge is 0.239 e. The lowest BCUT2D eigenvalue weighted by atomic mass is 10.1. The number of rotatable bonds is 6. The quantitative estimate of drug-likeness (QED) is 0.796. The maximum Gasteiger partial charge on any atom is 0.239 e. The molecule has 0 spiro atoms. The van der Waals surface area contributed by atoms with Crippen LogP contribution in [0.2, 0.25) is 0 Å². The Morgan fingerprint density at radius 1 is 1.20 bits per heavy atom. The number of nitrogens with zero attached hydrogens (tertiary/aromatic N) is 2. The first-order valence-corrected chi connectivity index (χ1v) is 8.19. The lowest BCUT2D eigenvalue weighted by Gasteiger charge is -2.36. The van der Waals surface area contributed by atoms with Gasteiger partial charge in [-0.2, -0.15) is 11.8 Å². The van der Waals surface area contributed by atoms with E-state index in [0.717, 1.165) is 44.9 Å². The summed E-state index contributed by atoms with van der Waals surface area (Å²) in [4.78, 5) is 16.5. The Morgan fingerprint density at radius 3 is 2.20 bits per heavy atom. The van der Waals surface area contributed by atoms with Crippen molar-refractivity contribution in [2.75, 3.05) is 44.7 Å². The molecule has 0 bridgehead atoms. The molecular formula is C13H29Cl2N3OS. The normalized spacial score (nSPS) is 17.4. The minimum absolute atomic E-state index is 0. The summed E-state index contributed by atoms with van der Waals surface area (Å²) in [6.07, 6.45) is 2.83. The molecular weight excluding hydrogens is 317 g/mol. The molecule has 4 nitrogen and oxygen atoms in total. The predicted octanol–water partition coefficient (Wildman–Crippen LogP) is 1.71. The maximum absolute atomic E-state index is 12.1. The highest BCUT2D eigenvalue weighted by atomic mass is 35.5. The van der Waals surface area contributed by atoms with Crippen LogP contribution in [0.25, 0.3) is 0 Å². The van der Waals surface area contributed by atoms with Crippen molar-refractivity contribution >= 4 is 42.5 Å². The van der Waals surface area contributed by atoms with Crippen molar-refractivity contribution < 1.29 is 4.79 Å². The molecule has 1 atom stereocenters. The highest BCUT2D eigenvalue weighted by molar-refractivity contribution is 7.98. The summed E-state index contributed by atoms with van der Waals surface area (Å²) in [7, 11) is 0. The molecule has 1 rings (SSSR count). The Hall–Kier alpha value is 0.320. The lowest BCUT2D eigenvalue weighted by Crippen LogP contribution is -2.53. The van der Waals surface area contributed by atoms with Gasteiger partial charge in [0.2, 0.25) is 5.91 Å². The van der Waals surface area contributed by atoms with E-state index in [1.165, 1.54) is 0 Å². The van der Waals surface area contributed by atoms with Crippen molar-refractivity contribution in [3.8, 4) is 0 Å². The average Bonchev–Trinajstić information content (AvgIpc) is 2.35. The molecule has 0 radical (unpaired) electrons. The van der Waals surface area contributed by atoms with Crippen LogP contribution >= 0.6 is 36.6 Å². The molecule has 0 aromatic carbocycles. The molecule has 0 aromatic heterocycles. The summed E-state index contributed by atoms with van der Waals surface area (Å²) in [6.45, 7) is 9.22. The summed E-state index contributed by atoms with van der Waals surface area (Å²) >= 11 is 1.74. The fourth-order valence-electron chi connectivity index (χ4n) is 2.27. The SMILES string of the molecule is CSCC[C@H](N)C(=O)N1CCN(CC(C)C)CC1.Cl.Cl. The molecule has 20 heavy (non-hydrogen) atoms. The van der Waals surface area contributed by atoms with E-state index in [1.807, 2.05) is 11.2 Å². The third-order valence-electron chi connectivity index (χ3n) is 3.26. The van der Waals surface area contributed by atoms with E-state index in [0.29, 0.717) is 5.92 Å². The van der Waals surface area contributed by atoms with E-state index in [1.54, 1.807) is 11.8 Å². The second kappa shape index (κ2) is 11.9. The lowest BCUT2D eigenvalue weighted by molar-refractivity contribution is -0.134. The monoisotopic (exact) mass is 345 g/mol. The fraction of sp³-hybridized carbons (Fsp3) is 0.923. The van der Waals surface area contributed by atoms with Gasteiger partial charge < -0.3 is 10.6 Å². The van der Waals surface area contributed by atoms with E-state index in [4.69, 9.17) is 5.73 Å². The van der Waals surface area contributed by atoms with Crippen LogP contribution in [-0.4, -0.2) is 66.5 Å². The molecule has 0 aliphatic carbocycles. The molecule has 1 fully saturated rings. The van der Waals surface area contributed by atoms with Crippen molar-refractivity contribution in [1.29, 1.82) is 0 Å². The highest BCUT2D eigenvalue weighted by Crippen LogP contribution is 2.08. The largest absolute Gasteiger partial charge is 0.339 e. The number of carbonyl (C=O) groups excluding carboxylic acids is 1. The zero-order valence-electron chi connectivity index (χ0n) is 12.7. The van der Waals surface area contributed by atoms with E-state index in [-0.39, 0.29) is 36.8 Å². The molecule has 7 heteroatoms. The Kier molecular flexibility index (Phi) is 13.5. The average molecular weight is 346 g/mol. The van der Waals surface area contributed by atoms with Crippen molar-refractivity contribution in [3.05, 3.63) is 0 Å². The molecule has 0 aromatic rings. The van der Waals surface area contributed by atoms with Gasteiger partial charge in [-0.1, -0.05) is 13.8 Å². The Labute approximate surface area is 140 Å². The Bertz CT molecular complexity index is 262. The number of hydrogen-bond donors (Lipinski definition) is 1. The summed E-state index contributed by atoms with van der Waals surface area (Å²) in [5.41, 5.74) is 5.93. The number of halogens is 2. The molecule has 122 valence electrons. The van der Waals surface area contributed by atoms with Crippen molar-refractivity contribution in [2.45, 2.75) is 26.3 Å². The van der Waals surface area contributed by atoms with E-state index < -0.39 is 0 Å². The van der Waals surface area contributed by atoms with Crippen LogP contribution in [0.5, 0.6) is 0 Å². The first-order chi connectivity index (χ1) is 8.54. The van der Waals surface area contributed by atoms with Gasteiger partial charge in [-0.3, -0.25) is 9.69 Å². The minimum Gasteiger partial charge on any atom is -0.339 e. The van der Waals surface area contributed by atoms with Gasteiger partial charge in [-0.05, 0) is 24.3 Å². The van der Waals surface area contributed by atoms with E-state index in [2.05, 4.69) is 18.7 Å². The number of hydrogen-bond acceptors (Lipinski definition) is 4. The van der Waals surface area contributed by atoms with Gasteiger partial charge in [-0.25, -0.2) is 0 Å². The third kappa shape index (κ3) is 7.93. The number of carbonyl (C=O) groups is 1. The van der Waals surface area contributed by atoms with Crippen molar-refractivity contribution in [1.82, 2.24) is 9.80 Å². The molecule has 0 saturated carbocycles. The first-order valence-electron chi connectivity index (χ1n) is 6.80. The van der Waals surface area contributed by atoms with Crippen LogP contribution < -0.4 is 5.73 Å². The molecule has 0 unspecified atom stereocenters. The van der Waals surface area contributed by atoms with Crippen LogP contribution in [0.4, 0.5) is 0 Å². The summed E-state index contributed by atoms with van der Waals surface area (Å²) in [5.74, 6) is 1.78. The van der Waals surface area contributed by atoms with E-state index in [9.17, 15) is 4.79 Å². The minimum atomic E-state index is -0.311. The number of piperazine rings is 1. The van der Waals surface area contributed by atoms with Crippen LogP contribution in [0.1, 0.15) is 20.3 Å². The van der Waals surface area contributed by atoms with Crippen LogP contribution in [-0.2, 0) is 4.79 Å². The van der Waals surface area contributed by atoms with E-state index >= 15 is 0 Å². The number of nitrogens with two attached hydrogens (primary N) is 1. The first kappa shape index (κ1) is 22.6. The Morgan fingerprint density at radius 2 is 1.75 bits per heavy atom. The van der Waals surface area contributed by atoms with Gasteiger partial charge >= 0.3 is 0 Å². The van der Waals surface area contributed by atoms with Crippen LogP contribution in [0.15, 0.2) is 0 Å². The highest BCUT2D eigenvalue weighted by Gasteiger charge is 2.24. The third-order valence-corrected chi connectivity index (χ3v) is 3.90. The van der Waals surface area contributed by atoms with Crippen molar-refractivity contribution in [3.63, 3.8) is 0 Å². The summed E-state index contributed by atoms with van der Waals surface area (Å²) in [5, 5.41) is 0. The fourth-order valence-corrected chi connectivity index (χ4v) is 2.76. The number of amides is 1.